The van der Waals surface area contributed by atoms with Gasteiger partial charge in [0.1, 0.15) is 11.8 Å². The first-order valence-corrected chi connectivity index (χ1v) is 15.3. The predicted octanol–water partition coefficient (Wildman–Crippen LogP) is 4.33. The molecule has 0 unspecified atom stereocenters. The molecule has 1 atom stereocenters. The summed E-state index contributed by atoms with van der Waals surface area (Å²) in [6, 6.07) is 23.5. The Morgan fingerprint density at radius 2 is 1.62 bits per heavy atom. The minimum Gasteiger partial charge on any atom is -0.497 e. The summed E-state index contributed by atoms with van der Waals surface area (Å²) < 4.78 is 31.6. The van der Waals surface area contributed by atoms with Crippen LogP contribution in [0.1, 0.15) is 36.5 Å². The maximum atomic E-state index is 13.8. The quantitative estimate of drug-likeness (QED) is 0.314. The van der Waals surface area contributed by atoms with Crippen molar-refractivity contribution in [3.63, 3.8) is 0 Å². The zero-order chi connectivity index (χ0) is 29.1. The van der Waals surface area contributed by atoms with E-state index in [1.807, 2.05) is 68.4 Å². The average molecular weight is 566 g/mol. The van der Waals surface area contributed by atoms with Gasteiger partial charge in [-0.2, -0.15) is 0 Å². The Morgan fingerprint density at radius 3 is 2.23 bits per heavy atom. The van der Waals surface area contributed by atoms with Gasteiger partial charge in [-0.05, 0) is 55.7 Å². The molecule has 0 bridgehead atoms. The third-order valence-electron chi connectivity index (χ3n) is 6.57. The highest BCUT2D eigenvalue weighted by molar-refractivity contribution is 7.92. The number of carbonyl (C=O) groups is 2. The molecule has 0 spiro atoms. The van der Waals surface area contributed by atoms with E-state index in [0.29, 0.717) is 24.4 Å². The van der Waals surface area contributed by atoms with E-state index in [2.05, 4.69) is 5.32 Å². The van der Waals surface area contributed by atoms with Crippen LogP contribution in [-0.2, 0) is 32.6 Å². The van der Waals surface area contributed by atoms with Crippen molar-refractivity contribution in [3.8, 4) is 5.75 Å². The number of amides is 2. The molecule has 0 aliphatic heterocycles. The number of rotatable bonds is 14. The summed E-state index contributed by atoms with van der Waals surface area (Å²) >= 11 is 0. The van der Waals surface area contributed by atoms with Gasteiger partial charge in [-0.1, -0.05) is 60.2 Å². The molecule has 0 aromatic heterocycles. The Labute approximate surface area is 238 Å². The molecule has 8 nitrogen and oxygen atoms in total. The molecule has 0 aliphatic carbocycles. The fraction of sp³-hybridized carbons (Fsp3) is 0.355. The number of carbonyl (C=O) groups excluding carboxylic acids is 2. The van der Waals surface area contributed by atoms with Crippen LogP contribution in [0.5, 0.6) is 5.75 Å². The van der Waals surface area contributed by atoms with Gasteiger partial charge in [-0.15, -0.1) is 0 Å². The normalized spacial score (nSPS) is 11.9. The highest BCUT2D eigenvalue weighted by Crippen LogP contribution is 2.23. The maximum absolute atomic E-state index is 13.8. The molecule has 40 heavy (non-hydrogen) atoms. The number of hydrogen-bond acceptors (Lipinski definition) is 5. The minimum atomic E-state index is -3.58. The van der Waals surface area contributed by atoms with Crippen molar-refractivity contribution in [2.75, 3.05) is 30.8 Å². The molecule has 0 saturated heterocycles. The Bertz CT molecular complexity index is 1360. The molecular formula is C31H39N3O5S. The minimum absolute atomic E-state index is 0.0820. The van der Waals surface area contributed by atoms with Crippen molar-refractivity contribution in [1.82, 2.24) is 10.2 Å². The number of nitrogens with zero attached hydrogens (tertiary/aromatic N) is 2. The van der Waals surface area contributed by atoms with Crippen LogP contribution in [0, 0.1) is 6.92 Å². The first-order chi connectivity index (χ1) is 19.1. The van der Waals surface area contributed by atoms with E-state index >= 15 is 0 Å². The van der Waals surface area contributed by atoms with Crippen LogP contribution in [0.15, 0.2) is 78.9 Å². The molecule has 2 amide bonds. The van der Waals surface area contributed by atoms with E-state index < -0.39 is 16.1 Å². The molecule has 3 aromatic carbocycles. The van der Waals surface area contributed by atoms with E-state index in [9.17, 15) is 18.0 Å². The Hall–Kier alpha value is -3.85. The molecule has 0 fully saturated rings. The van der Waals surface area contributed by atoms with Gasteiger partial charge < -0.3 is 15.0 Å². The summed E-state index contributed by atoms with van der Waals surface area (Å²) in [5.41, 5.74) is 3.43. The van der Waals surface area contributed by atoms with E-state index in [0.717, 1.165) is 22.9 Å². The molecular weight excluding hydrogens is 526 g/mol. The second-order valence-electron chi connectivity index (χ2n) is 9.75. The van der Waals surface area contributed by atoms with Crippen molar-refractivity contribution in [2.24, 2.45) is 0 Å². The van der Waals surface area contributed by atoms with E-state index in [1.54, 1.807) is 36.3 Å². The summed E-state index contributed by atoms with van der Waals surface area (Å²) in [4.78, 5) is 28.7. The highest BCUT2D eigenvalue weighted by atomic mass is 32.2. The third kappa shape index (κ3) is 8.84. The summed E-state index contributed by atoms with van der Waals surface area (Å²) in [6.45, 7) is 4.67. The molecule has 0 aliphatic rings. The van der Waals surface area contributed by atoms with Crippen LogP contribution in [0.4, 0.5) is 5.69 Å². The largest absolute Gasteiger partial charge is 0.497 e. The first-order valence-electron chi connectivity index (χ1n) is 13.4. The number of aryl methyl sites for hydroxylation is 1. The lowest BCUT2D eigenvalue weighted by atomic mass is 10.0. The van der Waals surface area contributed by atoms with Crippen molar-refractivity contribution in [3.05, 3.63) is 95.6 Å². The SMILES string of the molecule is CCNC(=O)[C@@H](Cc1ccccc1)N(Cc1cccc(C)c1)C(=O)CCCN(c1ccc(OC)cc1)S(C)(=O)=O. The Kier molecular flexibility index (Phi) is 11.1. The Morgan fingerprint density at radius 1 is 0.950 bits per heavy atom. The van der Waals surface area contributed by atoms with Crippen LogP contribution < -0.4 is 14.4 Å². The van der Waals surface area contributed by atoms with Crippen molar-refractivity contribution < 1.29 is 22.7 Å². The zero-order valence-electron chi connectivity index (χ0n) is 23.7. The number of ether oxygens (including phenoxy) is 1. The third-order valence-corrected chi connectivity index (χ3v) is 7.76. The van der Waals surface area contributed by atoms with E-state index in [-0.39, 0.29) is 37.7 Å². The predicted molar refractivity (Wildman–Crippen MR) is 159 cm³/mol. The van der Waals surface area contributed by atoms with E-state index in [1.165, 1.54) is 4.31 Å². The number of nitrogens with one attached hydrogen (secondary N) is 1. The standard InChI is InChI=1S/C31H39N3O5S/c1-5-32-31(36)29(22-25-12-7-6-8-13-25)33(23-26-14-9-11-24(2)21-26)30(35)15-10-20-34(40(4,37)38)27-16-18-28(39-3)19-17-27/h6-9,11-14,16-19,21,29H,5,10,15,20,22-23H2,1-4H3,(H,32,36)/t29-/m1/s1. The lowest BCUT2D eigenvalue weighted by Gasteiger charge is -2.32. The smallest absolute Gasteiger partial charge is 0.243 e. The number of methoxy groups -OCH3 is 1. The van der Waals surface area contributed by atoms with Gasteiger partial charge in [0.15, 0.2) is 0 Å². The van der Waals surface area contributed by atoms with Crippen molar-refractivity contribution >= 4 is 27.5 Å². The summed E-state index contributed by atoms with van der Waals surface area (Å²) in [5, 5.41) is 2.89. The topological polar surface area (TPSA) is 96.0 Å². The second-order valence-corrected chi connectivity index (χ2v) is 11.7. The molecule has 9 heteroatoms. The van der Waals surface area contributed by atoms with Crippen molar-refractivity contribution in [2.45, 2.75) is 45.7 Å². The molecule has 3 rings (SSSR count). The maximum Gasteiger partial charge on any atom is 0.243 e. The van der Waals surface area contributed by atoms with Gasteiger partial charge >= 0.3 is 0 Å². The van der Waals surface area contributed by atoms with Gasteiger partial charge in [-0.3, -0.25) is 13.9 Å². The van der Waals surface area contributed by atoms with Crippen LogP contribution in [0.2, 0.25) is 0 Å². The van der Waals surface area contributed by atoms with Gasteiger partial charge in [-0.25, -0.2) is 8.42 Å². The average Bonchev–Trinajstić information content (AvgIpc) is 2.93. The molecule has 0 saturated carbocycles. The number of likely N-dealkylation sites (N-methyl/N-ethyl adjacent to an activating group) is 1. The van der Waals surface area contributed by atoms with Gasteiger partial charge in [0, 0.05) is 32.5 Å². The number of hydrogen-bond donors (Lipinski definition) is 1. The summed E-state index contributed by atoms with van der Waals surface area (Å²) in [5.74, 6) is 0.189. The molecule has 0 heterocycles. The van der Waals surface area contributed by atoms with Gasteiger partial charge in [0.05, 0.1) is 19.1 Å². The summed E-state index contributed by atoms with van der Waals surface area (Å²) in [7, 11) is -2.04. The van der Waals surface area contributed by atoms with Crippen LogP contribution in [0.25, 0.3) is 0 Å². The summed E-state index contributed by atoms with van der Waals surface area (Å²) in [6.07, 6.45) is 1.88. The number of benzene rings is 3. The lowest BCUT2D eigenvalue weighted by Crippen LogP contribution is -2.50. The highest BCUT2D eigenvalue weighted by Gasteiger charge is 2.30. The monoisotopic (exact) mass is 565 g/mol. The molecule has 1 N–H and O–H groups in total. The van der Waals surface area contributed by atoms with Crippen LogP contribution >= 0.6 is 0 Å². The second kappa shape index (κ2) is 14.5. The van der Waals surface area contributed by atoms with Gasteiger partial charge in [0.2, 0.25) is 21.8 Å². The number of anilines is 1. The van der Waals surface area contributed by atoms with Crippen molar-refractivity contribution in [1.29, 1.82) is 0 Å². The molecule has 0 radical (unpaired) electrons. The molecule has 3 aromatic rings. The number of sulfonamides is 1. The first kappa shape index (κ1) is 30.7. The molecule has 214 valence electrons. The fourth-order valence-corrected chi connectivity index (χ4v) is 5.57. The van der Waals surface area contributed by atoms with Crippen LogP contribution in [0.3, 0.4) is 0 Å². The van der Waals surface area contributed by atoms with E-state index in [4.69, 9.17) is 4.74 Å². The van der Waals surface area contributed by atoms with Crippen LogP contribution in [-0.4, -0.2) is 57.6 Å². The zero-order valence-corrected chi connectivity index (χ0v) is 24.5. The lowest BCUT2D eigenvalue weighted by molar-refractivity contribution is -0.141. The Balaban J connectivity index is 1.85. The fourth-order valence-electron chi connectivity index (χ4n) is 4.61. The van der Waals surface area contributed by atoms with Gasteiger partial charge in [0.25, 0.3) is 0 Å².